The number of rotatable bonds is 5. The van der Waals surface area contributed by atoms with Gasteiger partial charge < -0.3 is 15.5 Å². The van der Waals surface area contributed by atoms with Gasteiger partial charge in [0.2, 0.25) is 0 Å². The second-order valence-corrected chi connectivity index (χ2v) is 5.81. The van der Waals surface area contributed by atoms with Gasteiger partial charge in [-0.25, -0.2) is 0 Å². The largest absolute Gasteiger partial charge is 0.356 e. The van der Waals surface area contributed by atoms with E-state index in [9.17, 15) is 0 Å². The lowest BCUT2D eigenvalue weighted by Gasteiger charge is -2.29. The van der Waals surface area contributed by atoms with Crippen LogP contribution < -0.4 is 10.6 Å². The number of nitrogens with zero attached hydrogens (tertiary/aromatic N) is 2. The first-order chi connectivity index (χ1) is 8.61. The molecular weight excluding hydrogens is 351 g/mol. The Bertz CT molecular complexity index is 248. The van der Waals surface area contributed by atoms with Crippen molar-refractivity contribution in [1.29, 1.82) is 0 Å². The second kappa shape index (κ2) is 10.7. The van der Waals surface area contributed by atoms with Crippen LogP contribution in [-0.4, -0.2) is 51.1 Å². The molecule has 0 aromatic heterocycles. The lowest BCUT2D eigenvalue weighted by Crippen LogP contribution is -2.40. The Balaban J connectivity index is 0.00000324. The lowest BCUT2D eigenvalue weighted by atomic mass is 9.94. The van der Waals surface area contributed by atoms with Gasteiger partial charge in [-0.15, -0.1) is 24.0 Å². The Hall–Kier alpha value is -0.0400. The molecule has 2 N–H and O–H groups in total. The Morgan fingerprint density at radius 3 is 2.42 bits per heavy atom. The van der Waals surface area contributed by atoms with E-state index in [0.29, 0.717) is 5.92 Å². The third-order valence-electron chi connectivity index (χ3n) is 3.58. The Kier molecular flexibility index (Phi) is 10.7. The van der Waals surface area contributed by atoms with Gasteiger partial charge in [-0.2, -0.15) is 0 Å². The number of halogens is 1. The van der Waals surface area contributed by atoms with E-state index >= 15 is 0 Å². The standard InChI is InChI=1S/C14H30N4.HI/c1-12(2)11-17-14(15-3)16-8-5-13-6-9-18(4)10-7-13;/h12-13H,5-11H2,1-4H3,(H2,15,16,17);1H. The smallest absolute Gasteiger partial charge is 0.190 e. The molecule has 1 saturated heterocycles. The maximum atomic E-state index is 4.24. The molecule has 4 nitrogen and oxygen atoms in total. The number of nitrogens with one attached hydrogen (secondary N) is 2. The predicted molar refractivity (Wildman–Crippen MR) is 94.5 cm³/mol. The van der Waals surface area contributed by atoms with Gasteiger partial charge in [0.05, 0.1) is 0 Å². The van der Waals surface area contributed by atoms with Gasteiger partial charge in [0.15, 0.2) is 5.96 Å². The van der Waals surface area contributed by atoms with Crippen LogP contribution in [-0.2, 0) is 0 Å². The molecule has 19 heavy (non-hydrogen) atoms. The first kappa shape index (κ1) is 19.0. The summed E-state index contributed by atoms with van der Waals surface area (Å²) in [5, 5.41) is 6.75. The summed E-state index contributed by atoms with van der Waals surface area (Å²) in [4.78, 5) is 6.66. The Morgan fingerprint density at radius 2 is 1.89 bits per heavy atom. The zero-order valence-electron chi connectivity index (χ0n) is 12.9. The van der Waals surface area contributed by atoms with Gasteiger partial charge in [0, 0.05) is 20.1 Å². The van der Waals surface area contributed by atoms with Crippen LogP contribution in [0.4, 0.5) is 0 Å². The minimum Gasteiger partial charge on any atom is -0.356 e. The SMILES string of the molecule is CN=C(NCCC1CCN(C)CC1)NCC(C)C.I. The highest BCUT2D eigenvalue weighted by molar-refractivity contribution is 14.0. The first-order valence-corrected chi connectivity index (χ1v) is 7.25. The highest BCUT2D eigenvalue weighted by Crippen LogP contribution is 2.18. The number of guanidine groups is 1. The summed E-state index contributed by atoms with van der Waals surface area (Å²) < 4.78 is 0. The number of hydrogen-bond donors (Lipinski definition) is 2. The van der Waals surface area contributed by atoms with Crippen molar-refractivity contribution in [3.05, 3.63) is 0 Å². The van der Waals surface area contributed by atoms with Gasteiger partial charge in [-0.1, -0.05) is 13.8 Å². The van der Waals surface area contributed by atoms with E-state index in [1.54, 1.807) is 0 Å². The van der Waals surface area contributed by atoms with Crippen LogP contribution >= 0.6 is 24.0 Å². The normalized spacial score (nSPS) is 18.3. The van der Waals surface area contributed by atoms with Crippen molar-refractivity contribution in [2.24, 2.45) is 16.8 Å². The Morgan fingerprint density at radius 1 is 1.26 bits per heavy atom. The van der Waals surface area contributed by atoms with Gasteiger partial charge in [-0.3, -0.25) is 4.99 Å². The van der Waals surface area contributed by atoms with E-state index in [1.807, 2.05) is 7.05 Å². The van der Waals surface area contributed by atoms with Gasteiger partial charge in [-0.05, 0) is 51.2 Å². The summed E-state index contributed by atoms with van der Waals surface area (Å²) in [5.74, 6) is 2.48. The van der Waals surface area contributed by atoms with Crippen molar-refractivity contribution in [3.8, 4) is 0 Å². The molecule has 0 unspecified atom stereocenters. The fourth-order valence-corrected chi connectivity index (χ4v) is 2.27. The van der Waals surface area contributed by atoms with Crippen molar-refractivity contribution in [2.75, 3.05) is 40.3 Å². The quantitative estimate of drug-likeness (QED) is 0.435. The van der Waals surface area contributed by atoms with E-state index in [1.165, 1.54) is 32.4 Å². The van der Waals surface area contributed by atoms with Crippen LogP contribution in [0, 0.1) is 11.8 Å². The zero-order valence-corrected chi connectivity index (χ0v) is 15.2. The minimum atomic E-state index is 0. The number of piperidine rings is 1. The van der Waals surface area contributed by atoms with Crippen molar-refractivity contribution in [2.45, 2.75) is 33.1 Å². The molecular formula is C14H31IN4. The third-order valence-corrected chi connectivity index (χ3v) is 3.58. The molecule has 1 heterocycles. The molecule has 0 spiro atoms. The van der Waals surface area contributed by atoms with Crippen LogP contribution in [0.25, 0.3) is 0 Å². The van der Waals surface area contributed by atoms with Crippen LogP contribution in [0.3, 0.4) is 0 Å². The highest BCUT2D eigenvalue weighted by atomic mass is 127. The number of hydrogen-bond acceptors (Lipinski definition) is 2. The molecule has 0 bridgehead atoms. The highest BCUT2D eigenvalue weighted by Gasteiger charge is 2.16. The van der Waals surface area contributed by atoms with E-state index in [0.717, 1.165) is 25.0 Å². The second-order valence-electron chi connectivity index (χ2n) is 5.81. The van der Waals surface area contributed by atoms with E-state index in [4.69, 9.17) is 0 Å². The van der Waals surface area contributed by atoms with Crippen molar-refractivity contribution < 1.29 is 0 Å². The van der Waals surface area contributed by atoms with E-state index in [-0.39, 0.29) is 24.0 Å². The third kappa shape index (κ3) is 8.68. The van der Waals surface area contributed by atoms with Crippen molar-refractivity contribution in [1.82, 2.24) is 15.5 Å². The van der Waals surface area contributed by atoms with Gasteiger partial charge in [0.25, 0.3) is 0 Å². The molecule has 0 aliphatic carbocycles. The van der Waals surface area contributed by atoms with Crippen LogP contribution in [0.1, 0.15) is 33.1 Å². The average Bonchev–Trinajstić information content (AvgIpc) is 2.35. The van der Waals surface area contributed by atoms with Crippen LogP contribution in [0.2, 0.25) is 0 Å². The summed E-state index contributed by atoms with van der Waals surface area (Å²) in [7, 11) is 4.05. The van der Waals surface area contributed by atoms with Crippen LogP contribution in [0.15, 0.2) is 4.99 Å². The topological polar surface area (TPSA) is 39.7 Å². The van der Waals surface area contributed by atoms with E-state index in [2.05, 4.69) is 41.4 Å². The molecule has 5 heteroatoms. The first-order valence-electron chi connectivity index (χ1n) is 7.25. The molecule has 114 valence electrons. The number of aliphatic imine (C=N–C) groups is 1. The lowest BCUT2D eigenvalue weighted by molar-refractivity contribution is 0.213. The van der Waals surface area contributed by atoms with Gasteiger partial charge in [0.1, 0.15) is 0 Å². The molecule has 1 rings (SSSR count). The Labute approximate surface area is 135 Å². The summed E-state index contributed by atoms with van der Waals surface area (Å²) in [6, 6.07) is 0. The molecule has 0 aromatic carbocycles. The molecule has 0 atom stereocenters. The molecule has 0 aromatic rings. The molecule has 0 saturated carbocycles. The summed E-state index contributed by atoms with van der Waals surface area (Å²) in [6.07, 6.45) is 3.95. The predicted octanol–water partition coefficient (Wildman–Crippen LogP) is 2.16. The molecule has 0 amide bonds. The number of likely N-dealkylation sites (tertiary alicyclic amines) is 1. The van der Waals surface area contributed by atoms with Crippen LogP contribution in [0.5, 0.6) is 0 Å². The molecule has 1 aliphatic heterocycles. The summed E-state index contributed by atoms with van der Waals surface area (Å²) in [5.41, 5.74) is 0. The molecule has 0 radical (unpaired) electrons. The van der Waals surface area contributed by atoms with Crippen molar-refractivity contribution >= 4 is 29.9 Å². The fraction of sp³-hybridized carbons (Fsp3) is 0.929. The summed E-state index contributed by atoms with van der Waals surface area (Å²) in [6.45, 7) is 8.94. The zero-order chi connectivity index (χ0) is 13.4. The fourth-order valence-electron chi connectivity index (χ4n) is 2.27. The minimum absolute atomic E-state index is 0. The maximum absolute atomic E-state index is 4.24. The van der Waals surface area contributed by atoms with Crippen molar-refractivity contribution in [3.63, 3.8) is 0 Å². The summed E-state index contributed by atoms with van der Waals surface area (Å²) >= 11 is 0. The molecule has 1 fully saturated rings. The average molecular weight is 382 g/mol. The van der Waals surface area contributed by atoms with E-state index < -0.39 is 0 Å². The maximum Gasteiger partial charge on any atom is 0.190 e. The monoisotopic (exact) mass is 382 g/mol. The van der Waals surface area contributed by atoms with Gasteiger partial charge >= 0.3 is 0 Å². The molecule has 1 aliphatic rings.